The van der Waals surface area contributed by atoms with Crippen LogP contribution in [0, 0.1) is 0 Å². The normalized spacial score (nSPS) is 11.9. The van der Waals surface area contributed by atoms with E-state index in [1.165, 1.54) is 15.9 Å². The Bertz CT molecular complexity index is 662. The zero-order chi connectivity index (χ0) is 13.3. The predicted octanol–water partition coefficient (Wildman–Crippen LogP) is 1.83. The van der Waals surface area contributed by atoms with Crippen molar-refractivity contribution in [3.05, 3.63) is 15.9 Å². The van der Waals surface area contributed by atoms with Gasteiger partial charge in [0.25, 0.3) is 15.2 Å². The molecule has 0 aromatic carbocycles. The van der Waals surface area contributed by atoms with Crippen LogP contribution in [-0.2, 0) is 16.6 Å². The Morgan fingerprint density at radius 1 is 1.44 bits per heavy atom. The van der Waals surface area contributed by atoms with Crippen molar-refractivity contribution in [1.29, 1.82) is 0 Å². The Kier molecular flexibility index (Phi) is 3.85. The molecule has 0 saturated heterocycles. The van der Waals surface area contributed by atoms with Crippen molar-refractivity contribution in [2.75, 3.05) is 0 Å². The van der Waals surface area contributed by atoms with E-state index in [9.17, 15) is 8.42 Å². The van der Waals surface area contributed by atoms with Crippen LogP contribution in [0.4, 0.5) is 0 Å². The molecular formula is C9H11BrN4O2S2. The average molecular weight is 351 g/mol. The van der Waals surface area contributed by atoms with Gasteiger partial charge >= 0.3 is 0 Å². The Morgan fingerprint density at radius 3 is 2.67 bits per heavy atom. The molecule has 2 N–H and O–H groups in total. The minimum absolute atomic E-state index is 0.191. The van der Waals surface area contributed by atoms with Gasteiger partial charge in [0.2, 0.25) is 0 Å². The van der Waals surface area contributed by atoms with Crippen molar-refractivity contribution in [2.24, 2.45) is 5.14 Å². The third-order valence-corrected chi connectivity index (χ3v) is 4.64. The highest BCUT2D eigenvalue weighted by Crippen LogP contribution is 2.31. The van der Waals surface area contributed by atoms with E-state index in [2.05, 4.69) is 26.1 Å². The van der Waals surface area contributed by atoms with E-state index in [1.54, 1.807) is 0 Å². The molecule has 0 radical (unpaired) electrons. The Balaban J connectivity index is 2.59. The summed E-state index contributed by atoms with van der Waals surface area (Å²) in [6.07, 6.45) is 0.764. The molecule has 0 aliphatic rings. The van der Waals surface area contributed by atoms with Gasteiger partial charge in [-0.25, -0.2) is 13.6 Å². The fourth-order valence-corrected chi connectivity index (χ4v) is 3.56. The fraction of sp³-hybridized carbons (Fsp3) is 0.333. The lowest BCUT2D eigenvalue weighted by Gasteiger charge is -2.05. The van der Waals surface area contributed by atoms with Crippen molar-refractivity contribution in [3.8, 4) is 10.7 Å². The maximum absolute atomic E-state index is 11.4. The molecule has 18 heavy (non-hydrogen) atoms. The molecule has 2 heterocycles. The van der Waals surface area contributed by atoms with Crippen molar-refractivity contribution >= 4 is 37.3 Å². The second kappa shape index (κ2) is 5.08. The van der Waals surface area contributed by atoms with Gasteiger partial charge in [-0.1, -0.05) is 6.92 Å². The summed E-state index contributed by atoms with van der Waals surface area (Å²) in [7, 11) is -3.85. The maximum atomic E-state index is 11.4. The molecule has 9 heteroatoms. The smallest absolute Gasteiger partial charge is 0.273 e. The SMILES string of the molecule is CCCn1c(-c2ccc(Br)s2)nnc1S(N)(=O)=O. The van der Waals surface area contributed by atoms with Crippen LogP contribution in [0.25, 0.3) is 10.7 Å². The summed E-state index contributed by atoms with van der Waals surface area (Å²) in [5, 5.41) is 12.5. The highest BCUT2D eigenvalue weighted by atomic mass is 79.9. The number of rotatable bonds is 4. The van der Waals surface area contributed by atoms with E-state index < -0.39 is 10.0 Å². The van der Waals surface area contributed by atoms with E-state index in [0.717, 1.165) is 15.1 Å². The number of hydrogen-bond donors (Lipinski definition) is 1. The van der Waals surface area contributed by atoms with E-state index in [0.29, 0.717) is 12.4 Å². The van der Waals surface area contributed by atoms with E-state index >= 15 is 0 Å². The Morgan fingerprint density at radius 2 is 2.17 bits per heavy atom. The summed E-state index contributed by atoms with van der Waals surface area (Å²) in [5.41, 5.74) is 0. The van der Waals surface area contributed by atoms with Crippen molar-refractivity contribution in [3.63, 3.8) is 0 Å². The Labute approximate surface area is 117 Å². The minimum atomic E-state index is -3.85. The first-order valence-corrected chi connectivity index (χ1v) is 8.30. The summed E-state index contributed by atoms with van der Waals surface area (Å²) in [6, 6.07) is 3.74. The quantitative estimate of drug-likeness (QED) is 0.910. The number of nitrogens with two attached hydrogens (primary N) is 1. The van der Waals surface area contributed by atoms with Crippen molar-refractivity contribution in [1.82, 2.24) is 14.8 Å². The summed E-state index contributed by atoms with van der Waals surface area (Å²) < 4.78 is 25.3. The second-order valence-electron chi connectivity index (χ2n) is 3.61. The molecular weight excluding hydrogens is 340 g/mol. The number of halogens is 1. The van der Waals surface area contributed by atoms with Crippen LogP contribution in [0.5, 0.6) is 0 Å². The van der Waals surface area contributed by atoms with Crippen molar-refractivity contribution < 1.29 is 8.42 Å². The first-order chi connectivity index (χ1) is 8.43. The number of thiophene rings is 1. The number of nitrogens with zero attached hydrogens (tertiary/aromatic N) is 3. The summed E-state index contributed by atoms with van der Waals surface area (Å²) >= 11 is 4.82. The number of aromatic nitrogens is 3. The number of sulfonamides is 1. The largest absolute Gasteiger partial charge is 0.296 e. The first kappa shape index (κ1) is 13.7. The molecule has 0 atom stereocenters. The molecule has 2 aromatic heterocycles. The highest BCUT2D eigenvalue weighted by molar-refractivity contribution is 9.11. The number of hydrogen-bond acceptors (Lipinski definition) is 5. The van der Waals surface area contributed by atoms with E-state index in [-0.39, 0.29) is 5.16 Å². The summed E-state index contributed by atoms with van der Waals surface area (Å²) in [6.45, 7) is 2.45. The van der Waals surface area contributed by atoms with Gasteiger partial charge in [0, 0.05) is 6.54 Å². The molecule has 0 aliphatic carbocycles. The van der Waals surface area contributed by atoms with Crippen molar-refractivity contribution in [2.45, 2.75) is 25.0 Å². The molecule has 2 rings (SSSR count). The average Bonchev–Trinajstić information content (AvgIpc) is 2.83. The van der Waals surface area contributed by atoms with E-state index in [4.69, 9.17) is 5.14 Å². The van der Waals surface area contributed by atoms with Gasteiger partial charge in [0.1, 0.15) is 0 Å². The van der Waals surface area contributed by atoms with Gasteiger partial charge in [-0.15, -0.1) is 21.5 Å². The van der Waals surface area contributed by atoms with Gasteiger partial charge < -0.3 is 0 Å². The molecule has 0 saturated carbocycles. The zero-order valence-electron chi connectivity index (χ0n) is 9.50. The van der Waals surface area contributed by atoms with Gasteiger partial charge in [-0.3, -0.25) is 4.57 Å². The molecule has 0 spiro atoms. The third-order valence-electron chi connectivity index (χ3n) is 2.21. The highest BCUT2D eigenvalue weighted by Gasteiger charge is 2.22. The summed E-state index contributed by atoms with van der Waals surface area (Å²) in [4.78, 5) is 0.845. The van der Waals surface area contributed by atoms with Crippen LogP contribution in [0.2, 0.25) is 0 Å². The molecule has 6 nitrogen and oxygen atoms in total. The van der Waals surface area contributed by atoms with Crippen LogP contribution in [0.15, 0.2) is 21.1 Å². The number of primary sulfonamides is 1. The lowest BCUT2D eigenvalue weighted by molar-refractivity contribution is 0.560. The fourth-order valence-electron chi connectivity index (χ4n) is 1.54. The molecule has 0 fully saturated rings. The maximum Gasteiger partial charge on any atom is 0.273 e. The lowest BCUT2D eigenvalue weighted by Crippen LogP contribution is -2.18. The predicted molar refractivity (Wildman–Crippen MR) is 72.7 cm³/mol. The first-order valence-electron chi connectivity index (χ1n) is 5.15. The zero-order valence-corrected chi connectivity index (χ0v) is 12.7. The second-order valence-corrected chi connectivity index (χ2v) is 7.52. The van der Waals surface area contributed by atoms with Gasteiger partial charge in [-0.2, -0.15) is 0 Å². The van der Waals surface area contributed by atoms with E-state index in [1.807, 2.05) is 19.1 Å². The third kappa shape index (κ3) is 2.63. The molecule has 98 valence electrons. The monoisotopic (exact) mass is 350 g/mol. The molecule has 2 aromatic rings. The molecule has 0 bridgehead atoms. The van der Waals surface area contributed by atoms with Crippen LogP contribution in [0.3, 0.4) is 0 Å². The Hall–Kier alpha value is -0.770. The molecule has 0 aliphatic heterocycles. The van der Waals surface area contributed by atoms with Crippen LogP contribution >= 0.6 is 27.3 Å². The van der Waals surface area contributed by atoms with Crippen LogP contribution < -0.4 is 5.14 Å². The van der Waals surface area contributed by atoms with Gasteiger partial charge in [0.15, 0.2) is 5.82 Å². The molecule has 0 unspecified atom stereocenters. The topological polar surface area (TPSA) is 90.9 Å². The van der Waals surface area contributed by atoms with Crippen LogP contribution in [-0.4, -0.2) is 23.2 Å². The lowest BCUT2D eigenvalue weighted by atomic mass is 10.4. The standard InChI is InChI=1S/C9H11BrN4O2S2/c1-2-5-14-8(6-3-4-7(10)17-6)12-13-9(14)18(11,15)16/h3-4H,2,5H2,1H3,(H2,11,15,16). The van der Waals surface area contributed by atoms with Gasteiger partial charge in [-0.05, 0) is 34.5 Å². The van der Waals surface area contributed by atoms with Crippen LogP contribution in [0.1, 0.15) is 13.3 Å². The van der Waals surface area contributed by atoms with Gasteiger partial charge in [0.05, 0.1) is 8.66 Å². The minimum Gasteiger partial charge on any atom is -0.296 e. The summed E-state index contributed by atoms with van der Waals surface area (Å²) in [5.74, 6) is 0.525. The molecule has 0 amide bonds.